The minimum absolute atomic E-state index is 0.0229. The fraction of sp³-hybridized carbons (Fsp3) is 0.273. The van der Waals surface area contributed by atoms with Gasteiger partial charge in [0.05, 0.1) is 23.6 Å². The number of hydrogen-bond acceptors (Lipinski definition) is 2. The maximum Gasteiger partial charge on any atom is 0.416 e. The molecule has 0 atom stereocenters. The van der Waals surface area contributed by atoms with E-state index in [-0.39, 0.29) is 22.6 Å². The average Bonchev–Trinajstić information content (AvgIpc) is 2.25. The quantitative estimate of drug-likeness (QED) is 0.864. The third kappa shape index (κ3) is 3.14. The number of alkyl halides is 4. The molecule has 7 heteroatoms. The van der Waals surface area contributed by atoms with Gasteiger partial charge in [0.2, 0.25) is 0 Å². The fourth-order valence-electron chi connectivity index (χ4n) is 1.48. The van der Waals surface area contributed by atoms with Gasteiger partial charge in [-0.15, -0.1) is 11.6 Å². The van der Waals surface area contributed by atoms with Crippen molar-refractivity contribution in [1.29, 1.82) is 5.26 Å². The van der Waals surface area contributed by atoms with Gasteiger partial charge in [-0.2, -0.15) is 18.4 Å². The molecule has 1 aromatic carbocycles. The highest BCUT2D eigenvalue weighted by molar-refractivity contribution is 6.17. The summed E-state index contributed by atoms with van der Waals surface area (Å²) in [6.07, 6.45) is -5.27. The number of aliphatic carboxylic acids is 1. The summed E-state index contributed by atoms with van der Waals surface area (Å²) in [5, 5.41) is 17.5. The van der Waals surface area contributed by atoms with Gasteiger partial charge in [0.15, 0.2) is 0 Å². The van der Waals surface area contributed by atoms with E-state index in [4.69, 9.17) is 22.0 Å². The van der Waals surface area contributed by atoms with Crippen molar-refractivity contribution < 1.29 is 23.1 Å². The van der Waals surface area contributed by atoms with Gasteiger partial charge in [0.1, 0.15) is 0 Å². The summed E-state index contributed by atoms with van der Waals surface area (Å²) >= 11 is 5.48. The highest BCUT2D eigenvalue weighted by Crippen LogP contribution is 2.32. The van der Waals surface area contributed by atoms with Crippen molar-refractivity contribution in [2.24, 2.45) is 0 Å². The molecule has 0 fully saturated rings. The van der Waals surface area contributed by atoms with Crippen molar-refractivity contribution in [3.63, 3.8) is 0 Å². The number of carbonyl (C=O) groups is 1. The lowest BCUT2D eigenvalue weighted by molar-refractivity contribution is -0.138. The van der Waals surface area contributed by atoms with E-state index in [0.29, 0.717) is 6.07 Å². The molecule has 0 saturated heterocycles. The molecule has 3 nitrogen and oxygen atoms in total. The van der Waals surface area contributed by atoms with E-state index in [9.17, 15) is 18.0 Å². The number of nitriles is 1. The van der Waals surface area contributed by atoms with Gasteiger partial charge < -0.3 is 5.11 Å². The molecule has 0 radical (unpaired) electrons. The second-order valence-electron chi connectivity index (χ2n) is 3.48. The minimum atomic E-state index is -4.61. The molecule has 1 rings (SSSR count). The molecular formula is C11H7ClF3NO2. The summed E-state index contributed by atoms with van der Waals surface area (Å²) in [5.74, 6) is -1.61. The first-order valence-corrected chi connectivity index (χ1v) is 5.24. The van der Waals surface area contributed by atoms with E-state index < -0.39 is 24.1 Å². The largest absolute Gasteiger partial charge is 0.481 e. The SMILES string of the molecule is N#Cc1c(CCl)cc(C(F)(F)F)cc1CC(=O)O. The Hall–Kier alpha value is -1.74. The molecule has 0 saturated carbocycles. The van der Waals surface area contributed by atoms with Gasteiger partial charge in [0.25, 0.3) is 0 Å². The first-order valence-electron chi connectivity index (χ1n) is 4.70. The summed E-state index contributed by atoms with van der Waals surface area (Å²) in [5.41, 5.74) is -1.32. The Kier molecular flexibility index (Phi) is 4.19. The number of carboxylic acid groups (broad SMARTS) is 1. The van der Waals surface area contributed by atoms with E-state index in [1.165, 1.54) is 0 Å². The van der Waals surface area contributed by atoms with Crippen molar-refractivity contribution in [2.45, 2.75) is 18.5 Å². The Labute approximate surface area is 105 Å². The van der Waals surface area contributed by atoms with Crippen LogP contribution in [0.15, 0.2) is 12.1 Å². The predicted octanol–water partition coefficient (Wildman–Crippen LogP) is 2.94. The Morgan fingerprint density at radius 2 is 1.94 bits per heavy atom. The molecule has 0 aliphatic carbocycles. The Morgan fingerprint density at radius 1 is 1.39 bits per heavy atom. The average molecular weight is 278 g/mol. The monoisotopic (exact) mass is 277 g/mol. The zero-order valence-corrected chi connectivity index (χ0v) is 9.64. The van der Waals surface area contributed by atoms with Crippen LogP contribution in [-0.4, -0.2) is 11.1 Å². The van der Waals surface area contributed by atoms with Crippen LogP contribution in [0.2, 0.25) is 0 Å². The molecule has 0 aromatic heterocycles. The summed E-state index contributed by atoms with van der Waals surface area (Å²) in [6, 6.07) is 3.11. The minimum Gasteiger partial charge on any atom is -0.481 e. The number of halogens is 4. The fourth-order valence-corrected chi connectivity index (χ4v) is 1.69. The van der Waals surface area contributed by atoms with Crippen LogP contribution in [0.5, 0.6) is 0 Å². The van der Waals surface area contributed by atoms with Crippen LogP contribution in [0.25, 0.3) is 0 Å². The van der Waals surface area contributed by atoms with Gasteiger partial charge in [0, 0.05) is 5.88 Å². The first-order chi connectivity index (χ1) is 8.29. The molecule has 1 aromatic rings. The number of hydrogen-bond donors (Lipinski definition) is 1. The molecule has 0 heterocycles. The molecule has 0 aliphatic rings. The topological polar surface area (TPSA) is 61.1 Å². The molecule has 0 amide bonds. The van der Waals surface area contributed by atoms with Crippen LogP contribution in [0, 0.1) is 11.3 Å². The first kappa shape index (κ1) is 14.3. The Balaban J connectivity index is 3.46. The number of nitrogens with zero attached hydrogens (tertiary/aromatic N) is 1. The highest BCUT2D eigenvalue weighted by atomic mass is 35.5. The zero-order valence-electron chi connectivity index (χ0n) is 8.88. The van der Waals surface area contributed by atoms with Crippen LogP contribution in [0.4, 0.5) is 13.2 Å². The lowest BCUT2D eigenvalue weighted by Crippen LogP contribution is -2.11. The smallest absolute Gasteiger partial charge is 0.416 e. The molecule has 0 unspecified atom stereocenters. The lowest BCUT2D eigenvalue weighted by Gasteiger charge is -2.12. The maximum absolute atomic E-state index is 12.6. The van der Waals surface area contributed by atoms with Crippen molar-refractivity contribution >= 4 is 17.6 Å². The van der Waals surface area contributed by atoms with Gasteiger partial charge >= 0.3 is 12.1 Å². The molecule has 18 heavy (non-hydrogen) atoms. The lowest BCUT2D eigenvalue weighted by atomic mass is 9.97. The van der Waals surface area contributed by atoms with Crippen LogP contribution < -0.4 is 0 Å². The molecular weight excluding hydrogens is 271 g/mol. The predicted molar refractivity (Wildman–Crippen MR) is 57.1 cm³/mol. The summed E-state index contributed by atoms with van der Waals surface area (Å²) in [4.78, 5) is 10.6. The number of rotatable bonds is 3. The number of benzene rings is 1. The van der Waals surface area contributed by atoms with Crippen LogP contribution in [-0.2, 0) is 23.3 Å². The van der Waals surface area contributed by atoms with Crippen LogP contribution in [0.1, 0.15) is 22.3 Å². The molecule has 96 valence electrons. The number of carboxylic acids is 1. The van der Waals surface area contributed by atoms with Crippen molar-refractivity contribution in [3.8, 4) is 6.07 Å². The molecule has 0 aliphatic heterocycles. The second-order valence-corrected chi connectivity index (χ2v) is 3.75. The molecule has 0 spiro atoms. The van der Waals surface area contributed by atoms with E-state index in [1.54, 1.807) is 6.07 Å². The van der Waals surface area contributed by atoms with E-state index in [0.717, 1.165) is 6.07 Å². The van der Waals surface area contributed by atoms with E-state index in [2.05, 4.69) is 0 Å². The van der Waals surface area contributed by atoms with Gasteiger partial charge in [-0.1, -0.05) is 0 Å². The van der Waals surface area contributed by atoms with E-state index in [1.807, 2.05) is 0 Å². The summed E-state index contributed by atoms with van der Waals surface area (Å²) in [6.45, 7) is 0. The normalized spacial score (nSPS) is 11.1. The van der Waals surface area contributed by atoms with Crippen molar-refractivity contribution in [3.05, 3.63) is 34.4 Å². The standard InChI is InChI=1S/C11H7ClF3NO2/c12-4-7-2-8(11(13,14)15)1-6(3-10(17)18)9(7)5-16/h1-2H,3-4H2,(H,17,18). The summed E-state index contributed by atoms with van der Waals surface area (Å²) in [7, 11) is 0. The zero-order chi connectivity index (χ0) is 13.9. The van der Waals surface area contributed by atoms with Crippen LogP contribution in [0.3, 0.4) is 0 Å². The van der Waals surface area contributed by atoms with Crippen molar-refractivity contribution in [2.75, 3.05) is 0 Å². The molecule has 0 bridgehead atoms. The maximum atomic E-state index is 12.6. The van der Waals surface area contributed by atoms with Crippen LogP contribution >= 0.6 is 11.6 Å². The van der Waals surface area contributed by atoms with Gasteiger partial charge in [-0.3, -0.25) is 4.79 Å². The molecule has 1 N–H and O–H groups in total. The second kappa shape index (κ2) is 5.27. The van der Waals surface area contributed by atoms with Crippen molar-refractivity contribution in [1.82, 2.24) is 0 Å². The Bertz CT molecular complexity index is 520. The summed E-state index contributed by atoms with van der Waals surface area (Å²) < 4.78 is 37.8. The highest BCUT2D eigenvalue weighted by Gasteiger charge is 2.32. The van der Waals surface area contributed by atoms with Gasteiger partial charge in [-0.25, -0.2) is 0 Å². The third-order valence-corrected chi connectivity index (χ3v) is 2.51. The third-order valence-electron chi connectivity index (χ3n) is 2.23. The van der Waals surface area contributed by atoms with Gasteiger partial charge in [-0.05, 0) is 23.3 Å². The Morgan fingerprint density at radius 3 is 2.33 bits per heavy atom. The van der Waals surface area contributed by atoms with E-state index >= 15 is 0 Å².